The molecule has 2 rings (SSSR count). The Kier molecular flexibility index (Phi) is 5.47. The van der Waals surface area contributed by atoms with Crippen molar-refractivity contribution in [2.24, 2.45) is 0 Å². The van der Waals surface area contributed by atoms with E-state index in [1.807, 2.05) is 30.3 Å². The van der Waals surface area contributed by atoms with Gasteiger partial charge in [-0.05, 0) is 24.3 Å². The second-order valence-corrected chi connectivity index (χ2v) is 5.40. The molecule has 0 unspecified atom stereocenters. The molecule has 2 aromatic carbocycles. The van der Waals surface area contributed by atoms with Crippen LogP contribution in [0.5, 0.6) is 11.5 Å². The normalized spacial score (nSPS) is 10.4. The molecular weight excluding hydrogens is 334 g/mol. The van der Waals surface area contributed by atoms with E-state index in [0.717, 1.165) is 21.3 Å². The van der Waals surface area contributed by atoms with Gasteiger partial charge in [-0.1, -0.05) is 22.0 Å². The van der Waals surface area contributed by atoms with Crippen molar-refractivity contribution < 1.29 is 14.6 Å². The molecule has 0 aliphatic heterocycles. The molecule has 0 atom stereocenters. The molecule has 0 heterocycles. The van der Waals surface area contributed by atoms with Gasteiger partial charge in [0.15, 0.2) is 0 Å². The standard InChI is InChI=1S/C16H18BrNO3/c1-20-10-13-14(17)4-3-5-15(13)18-9-11-6-7-12(21-2)8-16(11)19/h3-8,18-19H,9-10H2,1-2H3. The average Bonchev–Trinajstić information content (AvgIpc) is 2.49. The van der Waals surface area contributed by atoms with Crippen LogP contribution in [0.25, 0.3) is 0 Å². The van der Waals surface area contributed by atoms with Gasteiger partial charge < -0.3 is 19.9 Å². The third-order valence-corrected chi connectivity index (χ3v) is 3.91. The van der Waals surface area contributed by atoms with Crippen LogP contribution in [-0.2, 0) is 17.9 Å². The summed E-state index contributed by atoms with van der Waals surface area (Å²) < 4.78 is 11.3. The summed E-state index contributed by atoms with van der Waals surface area (Å²) in [6.07, 6.45) is 0. The van der Waals surface area contributed by atoms with E-state index < -0.39 is 0 Å². The SMILES string of the molecule is COCc1c(Br)cccc1NCc1ccc(OC)cc1O. The van der Waals surface area contributed by atoms with Crippen LogP contribution in [0.1, 0.15) is 11.1 Å². The van der Waals surface area contributed by atoms with Crippen LogP contribution >= 0.6 is 15.9 Å². The van der Waals surface area contributed by atoms with E-state index in [0.29, 0.717) is 18.9 Å². The van der Waals surface area contributed by atoms with Crippen molar-refractivity contribution in [2.45, 2.75) is 13.2 Å². The van der Waals surface area contributed by atoms with Gasteiger partial charge in [0.2, 0.25) is 0 Å². The Bertz CT molecular complexity index is 616. The van der Waals surface area contributed by atoms with E-state index in [1.165, 1.54) is 0 Å². The van der Waals surface area contributed by atoms with Crippen LogP contribution in [0.15, 0.2) is 40.9 Å². The maximum atomic E-state index is 9.97. The molecule has 0 amide bonds. The van der Waals surface area contributed by atoms with Crippen LogP contribution in [-0.4, -0.2) is 19.3 Å². The van der Waals surface area contributed by atoms with Crippen LogP contribution in [0, 0.1) is 0 Å². The fourth-order valence-corrected chi connectivity index (χ4v) is 2.51. The summed E-state index contributed by atoms with van der Waals surface area (Å²) >= 11 is 3.52. The topological polar surface area (TPSA) is 50.7 Å². The summed E-state index contributed by atoms with van der Waals surface area (Å²) in [4.78, 5) is 0. The van der Waals surface area contributed by atoms with Crippen molar-refractivity contribution in [1.29, 1.82) is 0 Å². The van der Waals surface area contributed by atoms with Gasteiger partial charge in [0.25, 0.3) is 0 Å². The van der Waals surface area contributed by atoms with E-state index in [2.05, 4.69) is 21.2 Å². The second kappa shape index (κ2) is 7.33. The van der Waals surface area contributed by atoms with Crippen molar-refractivity contribution in [1.82, 2.24) is 0 Å². The molecule has 0 saturated heterocycles. The Balaban J connectivity index is 2.15. The maximum absolute atomic E-state index is 9.97. The number of phenols is 1. The number of hydrogen-bond donors (Lipinski definition) is 2. The molecule has 0 spiro atoms. The number of halogens is 1. The van der Waals surface area contributed by atoms with Gasteiger partial charge >= 0.3 is 0 Å². The first-order valence-electron chi connectivity index (χ1n) is 6.51. The number of rotatable bonds is 6. The lowest BCUT2D eigenvalue weighted by Gasteiger charge is -2.14. The first-order chi connectivity index (χ1) is 10.2. The molecule has 0 aliphatic rings. The first kappa shape index (κ1) is 15.7. The predicted molar refractivity (Wildman–Crippen MR) is 86.8 cm³/mol. The van der Waals surface area contributed by atoms with Gasteiger partial charge in [-0.2, -0.15) is 0 Å². The largest absolute Gasteiger partial charge is 0.507 e. The number of benzene rings is 2. The van der Waals surface area contributed by atoms with Crippen molar-refractivity contribution in [3.05, 3.63) is 52.0 Å². The van der Waals surface area contributed by atoms with Crippen molar-refractivity contribution in [2.75, 3.05) is 19.5 Å². The Morgan fingerprint density at radius 3 is 2.67 bits per heavy atom. The lowest BCUT2D eigenvalue weighted by atomic mass is 10.1. The van der Waals surface area contributed by atoms with E-state index in [1.54, 1.807) is 20.3 Å². The van der Waals surface area contributed by atoms with Gasteiger partial charge in [0, 0.05) is 41.0 Å². The molecule has 112 valence electrons. The number of anilines is 1. The van der Waals surface area contributed by atoms with E-state index in [9.17, 15) is 5.11 Å². The van der Waals surface area contributed by atoms with E-state index in [4.69, 9.17) is 9.47 Å². The third-order valence-electron chi connectivity index (χ3n) is 3.17. The number of nitrogens with one attached hydrogen (secondary N) is 1. The van der Waals surface area contributed by atoms with Gasteiger partial charge in [-0.15, -0.1) is 0 Å². The minimum atomic E-state index is 0.213. The molecule has 0 aliphatic carbocycles. The average molecular weight is 352 g/mol. The number of aromatic hydroxyl groups is 1. The van der Waals surface area contributed by atoms with Gasteiger partial charge in [-0.3, -0.25) is 0 Å². The summed E-state index contributed by atoms with van der Waals surface area (Å²) in [5.41, 5.74) is 2.83. The molecular formula is C16H18BrNO3. The number of ether oxygens (including phenoxy) is 2. The van der Waals surface area contributed by atoms with Crippen LogP contribution in [0.4, 0.5) is 5.69 Å². The van der Waals surface area contributed by atoms with Crippen LogP contribution < -0.4 is 10.1 Å². The summed E-state index contributed by atoms with van der Waals surface area (Å²) in [5, 5.41) is 13.3. The number of hydrogen-bond acceptors (Lipinski definition) is 4. The minimum absolute atomic E-state index is 0.213. The van der Waals surface area contributed by atoms with Crippen LogP contribution in [0.3, 0.4) is 0 Å². The predicted octanol–water partition coefficient (Wildman–Crippen LogP) is 3.92. The van der Waals surface area contributed by atoms with Crippen molar-refractivity contribution in [3.63, 3.8) is 0 Å². The second-order valence-electron chi connectivity index (χ2n) is 4.55. The van der Waals surface area contributed by atoms with Gasteiger partial charge in [0.05, 0.1) is 13.7 Å². The third kappa shape index (κ3) is 3.89. The minimum Gasteiger partial charge on any atom is -0.507 e. The summed E-state index contributed by atoms with van der Waals surface area (Å²) in [5.74, 6) is 0.851. The quantitative estimate of drug-likeness (QED) is 0.827. The number of phenolic OH excluding ortho intramolecular Hbond substituents is 1. The molecule has 0 fully saturated rings. The highest BCUT2D eigenvalue weighted by atomic mass is 79.9. The summed E-state index contributed by atoms with van der Waals surface area (Å²) in [6.45, 7) is 1.03. The zero-order valence-corrected chi connectivity index (χ0v) is 13.6. The Morgan fingerprint density at radius 1 is 1.19 bits per heavy atom. The molecule has 2 aromatic rings. The van der Waals surface area contributed by atoms with E-state index >= 15 is 0 Å². The van der Waals surface area contributed by atoms with E-state index in [-0.39, 0.29) is 5.75 Å². The monoisotopic (exact) mass is 351 g/mol. The lowest BCUT2D eigenvalue weighted by Crippen LogP contribution is -2.04. The molecule has 0 aromatic heterocycles. The zero-order valence-electron chi connectivity index (χ0n) is 12.0. The molecule has 0 saturated carbocycles. The smallest absolute Gasteiger partial charge is 0.124 e. The Labute approximate surface area is 132 Å². The lowest BCUT2D eigenvalue weighted by molar-refractivity contribution is 0.185. The molecule has 2 N–H and O–H groups in total. The van der Waals surface area contributed by atoms with Crippen LogP contribution in [0.2, 0.25) is 0 Å². The fraction of sp³-hybridized carbons (Fsp3) is 0.250. The molecule has 5 heteroatoms. The highest BCUT2D eigenvalue weighted by Gasteiger charge is 2.08. The highest BCUT2D eigenvalue weighted by molar-refractivity contribution is 9.10. The van der Waals surface area contributed by atoms with Gasteiger partial charge in [0.1, 0.15) is 11.5 Å². The Morgan fingerprint density at radius 2 is 2.00 bits per heavy atom. The highest BCUT2D eigenvalue weighted by Crippen LogP contribution is 2.28. The molecule has 4 nitrogen and oxygen atoms in total. The van der Waals surface area contributed by atoms with Gasteiger partial charge in [-0.25, -0.2) is 0 Å². The Hall–Kier alpha value is -1.72. The molecule has 0 bridgehead atoms. The molecule has 0 radical (unpaired) electrons. The van der Waals surface area contributed by atoms with Crippen molar-refractivity contribution in [3.8, 4) is 11.5 Å². The summed E-state index contributed by atoms with van der Waals surface area (Å²) in [7, 11) is 3.24. The first-order valence-corrected chi connectivity index (χ1v) is 7.31. The maximum Gasteiger partial charge on any atom is 0.124 e. The zero-order chi connectivity index (χ0) is 15.2. The fourth-order valence-electron chi connectivity index (χ4n) is 2.03. The van der Waals surface area contributed by atoms with Crippen molar-refractivity contribution >= 4 is 21.6 Å². The summed E-state index contributed by atoms with van der Waals surface area (Å²) in [6, 6.07) is 11.2. The molecule has 21 heavy (non-hydrogen) atoms. The number of methoxy groups -OCH3 is 2.